The topological polar surface area (TPSA) is 71.2 Å². The molecule has 1 aliphatic rings. The number of nitrogen functional groups attached to an aromatic ring is 1. The Kier molecular flexibility index (Phi) is 4.45. The van der Waals surface area contributed by atoms with Gasteiger partial charge in [0.05, 0.1) is 27.6 Å². The number of aliphatic hydroxyl groups is 1. The Balaban J connectivity index is 2.02. The number of halogens is 1. The fourth-order valence-electron chi connectivity index (χ4n) is 2.45. The fraction of sp³-hybridized carbons (Fsp3) is 0.615. The normalized spacial score (nSPS) is 19.2. The maximum Gasteiger partial charge on any atom is 0.0819 e. The first-order chi connectivity index (χ1) is 8.61. The average Bonchev–Trinajstić information content (AvgIpc) is 2.54. The number of rotatable bonds is 3. The molecule has 1 aromatic rings. The largest absolute Gasteiger partial charge is 0.396 e. The molecule has 0 radical (unpaired) electrons. The van der Waals surface area contributed by atoms with Gasteiger partial charge in [0.1, 0.15) is 0 Å². The van der Waals surface area contributed by atoms with Crippen molar-refractivity contribution in [3.63, 3.8) is 0 Å². The third-order valence-electron chi connectivity index (χ3n) is 3.56. The number of nitrogens with two attached hydrogens (primary N) is 1. The highest BCUT2D eigenvalue weighted by atomic mass is 79.9. The highest BCUT2D eigenvalue weighted by molar-refractivity contribution is 9.10. The van der Waals surface area contributed by atoms with Crippen LogP contribution in [0.5, 0.6) is 0 Å². The van der Waals surface area contributed by atoms with Crippen molar-refractivity contribution in [2.24, 2.45) is 0 Å². The van der Waals surface area contributed by atoms with Crippen LogP contribution in [0.1, 0.15) is 38.5 Å². The Bertz CT molecular complexity index is 383. The zero-order valence-corrected chi connectivity index (χ0v) is 12.0. The van der Waals surface area contributed by atoms with Crippen LogP contribution in [-0.2, 0) is 0 Å². The summed E-state index contributed by atoms with van der Waals surface area (Å²) in [5, 5.41) is 13.8. The van der Waals surface area contributed by atoms with E-state index in [-0.39, 0.29) is 0 Å². The van der Waals surface area contributed by atoms with Gasteiger partial charge in [0.2, 0.25) is 0 Å². The number of hydrogen-bond acceptors (Lipinski definition) is 4. The Morgan fingerprint density at radius 1 is 1.28 bits per heavy atom. The monoisotopic (exact) mass is 313 g/mol. The van der Waals surface area contributed by atoms with Gasteiger partial charge in [-0.2, -0.15) is 0 Å². The van der Waals surface area contributed by atoms with Crippen LogP contribution in [-0.4, -0.2) is 22.2 Å². The van der Waals surface area contributed by atoms with Gasteiger partial charge in [0.25, 0.3) is 0 Å². The Morgan fingerprint density at radius 2 is 1.94 bits per heavy atom. The molecule has 0 saturated heterocycles. The molecule has 0 atom stereocenters. The van der Waals surface area contributed by atoms with E-state index in [0.717, 1.165) is 35.8 Å². The zero-order chi connectivity index (χ0) is 13.0. The van der Waals surface area contributed by atoms with E-state index in [9.17, 15) is 5.11 Å². The molecule has 0 aliphatic heterocycles. The summed E-state index contributed by atoms with van der Waals surface area (Å²) in [6, 6.07) is 0. The molecular formula is C13H20BrN3O. The molecule has 4 nitrogen and oxygen atoms in total. The van der Waals surface area contributed by atoms with Gasteiger partial charge in [0, 0.05) is 12.7 Å². The molecule has 0 amide bonds. The van der Waals surface area contributed by atoms with Crippen molar-refractivity contribution in [2.75, 3.05) is 17.6 Å². The summed E-state index contributed by atoms with van der Waals surface area (Å²) >= 11 is 3.42. The summed E-state index contributed by atoms with van der Waals surface area (Å²) in [5.74, 6) is 0. The second-order valence-corrected chi connectivity index (χ2v) is 5.93. The molecule has 100 valence electrons. The van der Waals surface area contributed by atoms with E-state index in [4.69, 9.17) is 5.73 Å². The van der Waals surface area contributed by atoms with Gasteiger partial charge in [-0.15, -0.1) is 0 Å². The summed E-state index contributed by atoms with van der Waals surface area (Å²) in [7, 11) is 0. The van der Waals surface area contributed by atoms with Crippen molar-refractivity contribution < 1.29 is 5.11 Å². The number of pyridine rings is 1. The number of nitrogens with zero attached hydrogens (tertiary/aromatic N) is 1. The number of nitrogens with one attached hydrogen (secondary N) is 1. The molecule has 0 bridgehead atoms. The lowest BCUT2D eigenvalue weighted by Crippen LogP contribution is -2.36. The molecule has 0 spiro atoms. The standard InChI is InChI=1S/C13H20BrN3O/c14-10-7-16-8-11(15)12(10)17-9-13(18)5-3-1-2-4-6-13/h7-8,18H,1-6,9,15H2,(H,16,17). The van der Waals surface area contributed by atoms with E-state index in [0.29, 0.717) is 12.2 Å². The Hall–Kier alpha value is -0.810. The van der Waals surface area contributed by atoms with Gasteiger partial charge in [-0.25, -0.2) is 0 Å². The smallest absolute Gasteiger partial charge is 0.0819 e. The molecule has 18 heavy (non-hydrogen) atoms. The second-order valence-electron chi connectivity index (χ2n) is 5.08. The van der Waals surface area contributed by atoms with Crippen molar-refractivity contribution in [1.29, 1.82) is 0 Å². The van der Waals surface area contributed by atoms with Gasteiger partial charge >= 0.3 is 0 Å². The molecule has 2 rings (SSSR count). The van der Waals surface area contributed by atoms with Crippen molar-refractivity contribution >= 4 is 27.3 Å². The zero-order valence-electron chi connectivity index (χ0n) is 10.5. The van der Waals surface area contributed by atoms with Crippen molar-refractivity contribution in [3.05, 3.63) is 16.9 Å². The molecule has 1 aliphatic carbocycles. The quantitative estimate of drug-likeness (QED) is 0.750. The molecule has 1 heterocycles. The summed E-state index contributed by atoms with van der Waals surface area (Å²) in [4.78, 5) is 4.00. The number of aromatic nitrogens is 1. The molecule has 1 saturated carbocycles. The summed E-state index contributed by atoms with van der Waals surface area (Å²) in [5.41, 5.74) is 6.69. The van der Waals surface area contributed by atoms with Crippen LogP contribution < -0.4 is 11.1 Å². The van der Waals surface area contributed by atoms with E-state index in [1.165, 1.54) is 12.8 Å². The first-order valence-corrected chi connectivity index (χ1v) is 7.25. The van der Waals surface area contributed by atoms with E-state index >= 15 is 0 Å². The van der Waals surface area contributed by atoms with Gasteiger partial charge < -0.3 is 16.2 Å². The highest BCUT2D eigenvalue weighted by Gasteiger charge is 2.28. The lowest BCUT2D eigenvalue weighted by Gasteiger charge is -2.27. The summed E-state index contributed by atoms with van der Waals surface area (Å²) in [6.07, 6.45) is 9.70. The highest BCUT2D eigenvalue weighted by Crippen LogP contribution is 2.31. The van der Waals surface area contributed by atoms with E-state index < -0.39 is 5.60 Å². The third-order valence-corrected chi connectivity index (χ3v) is 4.16. The first kappa shape index (κ1) is 13.6. The molecule has 1 fully saturated rings. The molecule has 5 heteroatoms. The third kappa shape index (κ3) is 3.36. The van der Waals surface area contributed by atoms with E-state index in [1.807, 2.05) is 0 Å². The predicted molar refractivity (Wildman–Crippen MR) is 77.5 cm³/mol. The van der Waals surface area contributed by atoms with Crippen molar-refractivity contribution in [2.45, 2.75) is 44.1 Å². The van der Waals surface area contributed by atoms with Crippen LogP contribution in [0.3, 0.4) is 0 Å². The minimum Gasteiger partial charge on any atom is -0.396 e. The van der Waals surface area contributed by atoms with Crippen molar-refractivity contribution in [1.82, 2.24) is 4.98 Å². The lowest BCUT2D eigenvalue weighted by atomic mass is 9.94. The van der Waals surface area contributed by atoms with Gasteiger partial charge in [-0.05, 0) is 28.8 Å². The first-order valence-electron chi connectivity index (χ1n) is 6.46. The van der Waals surface area contributed by atoms with Gasteiger partial charge in [0.15, 0.2) is 0 Å². The SMILES string of the molecule is Nc1cncc(Br)c1NCC1(O)CCCCCC1. The molecule has 0 aromatic carbocycles. The molecular weight excluding hydrogens is 294 g/mol. The van der Waals surface area contributed by atoms with E-state index in [1.54, 1.807) is 12.4 Å². The van der Waals surface area contributed by atoms with Gasteiger partial charge in [-0.3, -0.25) is 4.98 Å². The predicted octanol–water partition coefficient (Wildman–Crippen LogP) is 2.92. The lowest BCUT2D eigenvalue weighted by molar-refractivity contribution is 0.0381. The summed E-state index contributed by atoms with van der Waals surface area (Å²) in [6.45, 7) is 0.541. The Morgan fingerprint density at radius 3 is 2.56 bits per heavy atom. The van der Waals surface area contributed by atoms with Crippen LogP contribution in [0.2, 0.25) is 0 Å². The summed E-state index contributed by atoms with van der Waals surface area (Å²) < 4.78 is 0.833. The fourth-order valence-corrected chi connectivity index (χ4v) is 2.94. The maximum atomic E-state index is 10.6. The maximum absolute atomic E-state index is 10.6. The molecule has 0 unspecified atom stereocenters. The van der Waals surface area contributed by atoms with Crippen molar-refractivity contribution in [3.8, 4) is 0 Å². The molecule has 4 N–H and O–H groups in total. The van der Waals surface area contributed by atoms with Crippen LogP contribution in [0, 0.1) is 0 Å². The van der Waals surface area contributed by atoms with Crippen LogP contribution in [0.25, 0.3) is 0 Å². The van der Waals surface area contributed by atoms with Crippen LogP contribution in [0.4, 0.5) is 11.4 Å². The van der Waals surface area contributed by atoms with Crippen LogP contribution >= 0.6 is 15.9 Å². The van der Waals surface area contributed by atoms with Crippen LogP contribution in [0.15, 0.2) is 16.9 Å². The molecule has 1 aromatic heterocycles. The second kappa shape index (κ2) is 5.89. The Labute approximate surface area is 116 Å². The minimum atomic E-state index is -0.606. The minimum absolute atomic E-state index is 0.541. The number of hydrogen-bond donors (Lipinski definition) is 3. The average molecular weight is 314 g/mol. The van der Waals surface area contributed by atoms with E-state index in [2.05, 4.69) is 26.2 Å². The van der Waals surface area contributed by atoms with Gasteiger partial charge in [-0.1, -0.05) is 25.7 Å². The number of anilines is 2.